The molecule has 1 aliphatic heterocycles. The number of hydrogen-bond donors (Lipinski definition) is 1. The van der Waals surface area contributed by atoms with Crippen LogP contribution in [0.1, 0.15) is 12.8 Å². The van der Waals surface area contributed by atoms with Gasteiger partial charge in [0.15, 0.2) is 0 Å². The summed E-state index contributed by atoms with van der Waals surface area (Å²) in [6.07, 6.45) is 0.527. The number of nitrogens with zero attached hydrogens (tertiary/aromatic N) is 2. The van der Waals surface area contributed by atoms with E-state index in [9.17, 15) is 14.9 Å². The zero-order valence-corrected chi connectivity index (χ0v) is 7.01. The maximum atomic E-state index is 10.7. The summed E-state index contributed by atoms with van der Waals surface area (Å²) in [4.78, 5) is 26.4. The Morgan fingerprint density at radius 3 is 2.46 bits per heavy atom. The van der Waals surface area contributed by atoms with Crippen LogP contribution in [-0.2, 0) is 4.84 Å². The molecule has 1 heterocycles. The molecule has 0 atom stereocenters. The van der Waals surface area contributed by atoms with Gasteiger partial charge in [0.25, 0.3) is 5.09 Å². The smallest absolute Gasteiger partial charge is 0.314 e. The number of carbonyl (C=O) groups is 1. The number of amides is 2. The van der Waals surface area contributed by atoms with Crippen LogP contribution < -0.4 is 5.73 Å². The highest BCUT2D eigenvalue weighted by atomic mass is 17.0. The maximum absolute atomic E-state index is 10.7. The van der Waals surface area contributed by atoms with E-state index < -0.39 is 17.2 Å². The van der Waals surface area contributed by atoms with Gasteiger partial charge in [-0.05, 0) is 12.8 Å². The quantitative estimate of drug-likeness (QED) is 0.477. The molecule has 7 heteroatoms. The number of urea groups is 1. The van der Waals surface area contributed by atoms with E-state index in [0.29, 0.717) is 25.9 Å². The van der Waals surface area contributed by atoms with E-state index in [1.165, 1.54) is 4.90 Å². The Morgan fingerprint density at radius 2 is 2.08 bits per heavy atom. The number of primary amides is 1. The summed E-state index contributed by atoms with van der Waals surface area (Å²) < 4.78 is 0. The zero-order chi connectivity index (χ0) is 9.84. The van der Waals surface area contributed by atoms with Crippen LogP contribution in [-0.4, -0.2) is 35.2 Å². The molecule has 1 rings (SSSR count). The highest BCUT2D eigenvalue weighted by Gasteiger charge is 2.23. The first-order valence-corrected chi connectivity index (χ1v) is 3.95. The maximum Gasteiger partial charge on any atom is 0.314 e. The summed E-state index contributed by atoms with van der Waals surface area (Å²) in [5, 5.41) is 9.16. The van der Waals surface area contributed by atoms with Gasteiger partial charge in [-0.25, -0.2) is 4.79 Å². The second kappa shape index (κ2) is 3.92. The lowest BCUT2D eigenvalue weighted by molar-refractivity contribution is -0.769. The Morgan fingerprint density at radius 1 is 1.54 bits per heavy atom. The van der Waals surface area contributed by atoms with Gasteiger partial charge in [0.05, 0.1) is 0 Å². The minimum Gasteiger partial charge on any atom is -0.351 e. The van der Waals surface area contributed by atoms with Crippen molar-refractivity contribution in [2.75, 3.05) is 13.1 Å². The van der Waals surface area contributed by atoms with Crippen molar-refractivity contribution >= 4 is 6.03 Å². The molecule has 13 heavy (non-hydrogen) atoms. The van der Waals surface area contributed by atoms with E-state index in [1.807, 2.05) is 0 Å². The van der Waals surface area contributed by atoms with Gasteiger partial charge in [0.1, 0.15) is 6.10 Å². The number of piperidine rings is 1. The van der Waals surface area contributed by atoms with Crippen LogP contribution in [0.2, 0.25) is 0 Å². The van der Waals surface area contributed by atoms with Crippen LogP contribution >= 0.6 is 0 Å². The molecule has 0 aromatic heterocycles. The molecule has 1 fully saturated rings. The fourth-order valence-corrected chi connectivity index (χ4v) is 1.30. The predicted octanol–water partition coefficient (Wildman–Crippen LogP) is -0.262. The zero-order valence-electron chi connectivity index (χ0n) is 7.01. The van der Waals surface area contributed by atoms with Gasteiger partial charge in [-0.1, -0.05) is 0 Å². The molecule has 0 radical (unpaired) electrons. The van der Waals surface area contributed by atoms with Crippen molar-refractivity contribution in [1.82, 2.24) is 4.90 Å². The summed E-state index contributed by atoms with van der Waals surface area (Å²) in [7, 11) is 0. The average molecular weight is 189 g/mol. The molecule has 0 saturated carbocycles. The van der Waals surface area contributed by atoms with E-state index in [1.54, 1.807) is 0 Å². The Bertz CT molecular complexity index is 212. The molecular formula is C6H11N3O4. The first kappa shape index (κ1) is 9.56. The molecule has 7 nitrogen and oxygen atoms in total. The Labute approximate surface area is 74.5 Å². The van der Waals surface area contributed by atoms with Gasteiger partial charge in [0, 0.05) is 13.1 Å². The molecular weight excluding hydrogens is 178 g/mol. The fourth-order valence-electron chi connectivity index (χ4n) is 1.30. The minimum absolute atomic E-state index is 0.398. The van der Waals surface area contributed by atoms with Crippen LogP contribution in [0.15, 0.2) is 0 Å². The predicted molar refractivity (Wildman–Crippen MR) is 42.3 cm³/mol. The van der Waals surface area contributed by atoms with Crippen molar-refractivity contribution in [3.8, 4) is 0 Å². The molecule has 0 aromatic carbocycles. The normalized spacial score (nSPS) is 18.3. The number of nitrogens with two attached hydrogens (primary N) is 1. The van der Waals surface area contributed by atoms with Crippen molar-refractivity contribution in [2.24, 2.45) is 5.73 Å². The van der Waals surface area contributed by atoms with Gasteiger partial charge in [-0.3, -0.25) is 0 Å². The van der Waals surface area contributed by atoms with Crippen LogP contribution in [0.5, 0.6) is 0 Å². The number of likely N-dealkylation sites (tertiary alicyclic amines) is 1. The third-order valence-corrected chi connectivity index (χ3v) is 1.99. The minimum atomic E-state index is -0.801. The largest absolute Gasteiger partial charge is 0.351 e. The molecule has 0 aliphatic carbocycles. The lowest BCUT2D eigenvalue weighted by Crippen LogP contribution is -2.43. The van der Waals surface area contributed by atoms with E-state index in [4.69, 9.17) is 5.73 Å². The highest BCUT2D eigenvalue weighted by Crippen LogP contribution is 2.12. The summed E-state index contributed by atoms with van der Waals surface area (Å²) in [6, 6.07) is -0.487. The summed E-state index contributed by atoms with van der Waals surface area (Å²) in [6.45, 7) is 0.849. The molecule has 1 saturated heterocycles. The molecule has 74 valence electrons. The Hall–Kier alpha value is -1.53. The van der Waals surface area contributed by atoms with Crippen molar-refractivity contribution in [3.63, 3.8) is 0 Å². The van der Waals surface area contributed by atoms with E-state index in [0.717, 1.165) is 0 Å². The van der Waals surface area contributed by atoms with Crippen LogP contribution in [0.25, 0.3) is 0 Å². The third kappa shape index (κ3) is 2.77. The number of carbonyl (C=O) groups excluding carboxylic acids is 1. The van der Waals surface area contributed by atoms with Crippen LogP contribution in [0, 0.1) is 10.1 Å². The number of rotatable bonds is 2. The summed E-state index contributed by atoms with van der Waals surface area (Å²) in [5.41, 5.74) is 5.03. The van der Waals surface area contributed by atoms with Gasteiger partial charge >= 0.3 is 6.03 Å². The lowest BCUT2D eigenvalue weighted by Gasteiger charge is -2.29. The molecule has 0 aromatic rings. The van der Waals surface area contributed by atoms with Crippen molar-refractivity contribution in [2.45, 2.75) is 18.9 Å². The molecule has 0 unspecified atom stereocenters. The van der Waals surface area contributed by atoms with Gasteiger partial charge in [0.2, 0.25) is 0 Å². The number of hydrogen-bond acceptors (Lipinski definition) is 4. The SMILES string of the molecule is NC(=O)N1CCC(O[N+](=O)[O-])CC1. The Kier molecular flexibility index (Phi) is 2.88. The van der Waals surface area contributed by atoms with E-state index >= 15 is 0 Å². The van der Waals surface area contributed by atoms with Crippen LogP contribution in [0.3, 0.4) is 0 Å². The van der Waals surface area contributed by atoms with Crippen molar-refractivity contribution < 1.29 is 14.7 Å². The van der Waals surface area contributed by atoms with Gasteiger partial charge < -0.3 is 15.5 Å². The molecule has 0 bridgehead atoms. The second-order valence-corrected chi connectivity index (χ2v) is 2.85. The average Bonchev–Trinajstić information content (AvgIpc) is 2.04. The summed E-state index contributed by atoms with van der Waals surface area (Å²) >= 11 is 0. The molecule has 1 aliphatic rings. The monoisotopic (exact) mass is 189 g/mol. The van der Waals surface area contributed by atoms with Crippen molar-refractivity contribution in [3.05, 3.63) is 10.1 Å². The molecule has 0 spiro atoms. The highest BCUT2D eigenvalue weighted by molar-refractivity contribution is 5.72. The third-order valence-electron chi connectivity index (χ3n) is 1.99. The lowest BCUT2D eigenvalue weighted by atomic mass is 10.1. The standard InChI is InChI=1S/C6H11N3O4/c7-6(10)8-3-1-5(2-4-8)13-9(11)12/h5H,1-4H2,(H2,7,10). The van der Waals surface area contributed by atoms with Gasteiger partial charge in [-0.15, -0.1) is 10.1 Å². The first-order chi connectivity index (χ1) is 6.09. The van der Waals surface area contributed by atoms with E-state index in [2.05, 4.69) is 4.84 Å². The van der Waals surface area contributed by atoms with Gasteiger partial charge in [-0.2, -0.15) is 0 Å². The van der Waals surface area contributed by atoms with E-state index in [-0.39, 0.29) is 0 Å². The first-order valence-electron chi connectivity index (χ1n) is 3.95. The Balaban J connectivity index is 2.30. The molecule has 2 N–H and O–H groups in total. The topological polar surface area (TPSA) is 98.7 Å². The second-order valence-electron chi connectivity index (χ2n) is 2.85. The fraction of sp³-hybridized carbons (Fsp3) is 0.833. The molecule has 2 amide bonds. The summed E-state index contributed by atoms with van der Waals surface area (Å²) in [5.74, 6) is 0. The van der Waals surface area contributed by atoms with Crippen molar-refractivity contribution in [1.29, 1.82) is 0 Å². The van der Waals surface area contributed by atoms with Crippen LogP contribution in [0.4, 0.5) is 4.79 Å².